The van der Waals surface area contributed by atoms with Crippen molar-refractivity contribution in [1.29, 1.82) is 0 Å². The van der Waals surface area contributed by atoms with Crippen LogP contribution in [0.25, 0.3) is 0 Å². The normalized spacial score (nSPS) is 11.5. The van der Waals surface area contributed by atoms with E-state index in [4.69, 9.17) is 4.74 Å². The molecule has 3 heteroatoms. The fourth-order valence-electron chi connectivity index (χ4n) is 1.10. The molecule has 1 N–H and O–H groups in total. The third-order valence-electron chi connectivity index (χ3n) is 1.91. The van der Waals surface area contributed by atoms with Gasteiger partial charge in [-0.1, -0.05) is 0 Å². The highest BCUT2D eigenvalue weighted by molar-refractivity contribution is 6.01. The average Bonchev–Trinajstić information content (AvgIpc) is 2.16. The number of ether oxygens (including phenoxy) is 1. The van der Waals surface area contributed by atoms with Crippen LogP contribution >= 0.6 is 0 Å². The van der Waals surface area contributed by atoms with Crippen molar-refractivity contribution in [3.05, 3.63) is 23.8 Å². The van der Waals surface area contributed by atoms with Crippen molar-refractivity contribution in [3.8, 4) is 11.5 Å². The van der Waals surface area contributed by atoms with Gasteiger partial charge in [0.25, 0.3) is 0 Å². The fourth-order valence-corrected chi connectivity index (χ4v) is 1.10. The topological polar surface area (TPSA) is 41.8 Å². The van der Waals surface area contributed by atoms with E-state index in [0.29, 0.717) is 5.75 Å². The summed E-state index contributed by atoms with van der Waals surface area (Å²) in [6.45, 7) is 1.90. The molecule has 0 bridgehead atoms. The number of benzene rings is 1. The Bertz CT molecular complexity index is 332. The number of aromatic hydroxyl groups is 1. The van der Waals surface area contributed by atoms with Crippen molar-refractivity contribution < 1.29 is 9.84 Å². The summed E-state index contributed by atoms with van der Waals surface area (Å²) in [7, 11) is 3.29. The first-order chi connectivity index (χ1) is 6.19. The van der Waals surface area contributed by atoms with Gasteiger partial charge in [-0.25, -0.2) is 0 Å². The molecule has 0 heterocycles. The van der Waals surface area contributed by atoms with Crippen LogP contribution in [0.2, 0.25) is 0 Å². The summed E-state index contributed by atoms with van der Waals surface area (Å²) in [5.74, 6) is 0.840. The summed E-state index contributed by atoms with van der Waals surface area (Å²) >= 11 is 0. The van der Waals surface area contributed by atoms with Crippen LogP contribution in [0.1, 0.15) is 12.5 Å². The Hall–Kier alpha value is -1.51. The zero-order valence-electron chi connectivity index (χ0n) is 8.03. The van der Waals surface area contributed by atoms with E-state index in [-0.39, 0.29) is 5.75 Å². The summed E-state index contributed by atoms with van der Waals surface area (Å²) in [5, 5.41) is 9.20. The monoisotopic (exact) mass is 179 g/mol. The molecule has 0 aliphatic carbocycles. The Morgan fingerprint density at radius 3 is 2.69 bits per heavy atom. The molecule has 0 aliphatic rings. The maximum Gasteiger partial charge on any atom is 0.131 e. The number of phenols is 1. The summed E-state index contributed by atoms with van der Waals surface area (Å²) in [5.41, 5.74) is 1.79. The number of aliphatic imine (C=N–C) groups is 1. The minimum absolute atomic E-state index is 0.199. The number of rotatable bonds is 2. The number of hydrogen-bond acceptors (Lipinski definition) is 3. The lowest BCUT2D eigenvalue weighted by Gasteiger charge is -2.07. The maximum atomic E-state index is 9.20. The van der Waals surface area contributed by atoms with E-state index < -0.39 is 0 Å². The van der Waals surface area contributed by atoms with E-state index in [0.717, 1.165) is 11.3 Å². The summed E-state index contributed by atoms with van der Waals surface area (Å²) < 4.78 is 5.11. The first-order valence-electron chi connectivity index (χ1n) is 3.99. The lowest BCUT2D eigenvalue weighted by atomic mass is 10.1. The zero-order valence-corrected chi connectivity index (χ0v) is 8.03. The highest BCUT2D eigenvalue weighted by Gasteiger charge is 2.05. The van der Waals surface area contributed by atoms with E-state index in [1.54, 1.807) is 32.4 Å². The Balaban J connectivity index is 3.21. The van der Waals surface area contributed by atoms with Crippen molar-refractivity contribution in [2.45, 2.75) is 6.92 Å². The van der Waals surface area contributed by atoms with Gasteiger partial charge in [0.2, 0.25) is 0 Å². The first kappa shape index (κ1) is 9.58. The smallest absolute Gasteiger partial charge is 0.131 e. The lowest BCUT2D eigenvalue weighted by molar-refractivity contribution is 0.407. The van der Waals surface area contributed by atoms with Crippen LogP contribution in [0, 0.1) is 0 Å². The second kappa shape index (κ2) is 3.94. The van der Waals surface area contributed by atoms with Gasteiger partial charge < -0.3 is 9.84 Å². The largest absolute Gasteiger partial charge is 0.508 e. The summed E-state index contributed by atoms with van der Waals surface area (Å²) in [6, 6.07) is 4.98. The van der Waals surface area contributed by atoms with E-state index in [1.165, 1.54) is 0 Å². The lowest BCUT2D eigenvalue weighted by Crippen LogP contribution is -1.98. The van der Waals surface area contributed by atoms with Crippen LogP contribution in [0.15, 0.2) is 23.2 Å². The van der Waals surface area contributed by atoms with Crippen LogP contribution < -0.4 is 4.74 Å². The van der Waals surface area contributed by atoms with Crippen molar-refractivity contribution >= 4 is 5.71 Å². The van der Waals surface area contributed by atoms with Gasteiger partial charge in [-0.05, 0) is 19.1 Å². The summed E-state index contributed by atoms with van der Waals surface area (Å²) in [6.07, 6.45) is 0. The molecule has 0 radical (unpaired) electrons. The minimum atomic E-state index is 0.199. The van der Waals surface area contributed by atoms with Gasteiger partial charge in [-0.3, -0.25) is 4.99 Å². The molecule has 0 saturated heterocycles. The van der Waals surface area contributed by atoms with Gasteiger partial charge >= 0.3 is 0 Å². The fraction of sp³-hybridized carbons (Fsp3) is 0.300. The molecule has 0 aromatic heterocycles. The van der Waals surface area contributed by atoms with Crippen molar-refractivity contribution in [2.24, 2.45) is 4.99 Å². The van der Waals surface area contributed by atoms with Crippen LogP contribution in [-0.4, -0.2) is 25.0 Å². The Labute approximate surface area is 77.7 Å². The molecule has 0 atom stereocenters. The predicted molar refractivity (Wildman–Crippen MR) is 52.8 cm³/mol. The molecular weight excluding hydrogens is 166 g/mol. The number of methoxy groups -OCH3 is 1. The zero-order chi connectivity index (χ0) is 9.84. The molecule has 0 aliphatic heterocycles. The number of phenolic OH excluding ortho intramolecular Hbond substituents is 1. The van der Waals surface area contributed by atoms with Crippen LogP contribution in [-0.2, 0) is 0 Å². The number of hydrogen-bond donors (Lipinski definition) is 1. The van der Waals surface area contributed by atoms with Crippen molar-refractivity contribution in [3.63, 3.8) is 0 Å². The van der Waals surface area contributed by atoms with Gasteiger partial charge in [-0.2, -0.15) is 0 Å². The van der Waals surface area contributed by atoms with Crippen LogP contribution in [0.3, 0.4) is 0 Å². The van der Waals surface area contributed by atoms with Gasteiger partial charge in [0.15, 0.2) is 0 Å². The van der Waals surface area contributed by atoms with Crippen molar-refractivity contribution in [1.82, 2.24) is 0 Å². The van der Waals surface area contributed by atoms with Gasteiger partial charge in [0.1, 0.15) is 11.5 Å². The molecule has 0 amide bonds. The molecule has 0 saturated carbocycles. The van der Waals surface area contributed by atoms with Crippen LogP contribution in [0.5, 0.6) is 11.5 Å². The molecule has 3 nitrogen and oxygen atoms in total. The predicted octanol–water partition coefficient (Wildman–Crippen LogP) is 1.84. The van der Waals surface area contributed by atoms with Crippen molar-refractivity contribution in [2.75, 3.05) is 14.2 Å². The Morgan fingerprint density at radius 2 is 2.15 bits per heavy atom. The molecule has 0 spiro atoms. The van der Waals surface area contributed by atoms with Gasteiger partial charge in [-0.15, -0.1) is 0 Å². The summed E-state index contributed by atoms with van der Waals surface area (Å²) in [4.78, 5) is 4.05. The Morgan fingerprint density at radius 1 is 1.46 bits per heavy atom. The van der Waals surface area contributed by atoms with Crippen LogP contribution in [0.4, 0.5) is 0 Å². The molecule has 70 valence electrons. The molecular formula is C10H13NO2. The van der Waals surface area contributed by atoms with Gasteiger partial charge in [0, 0.05) is 24.4 Å². The number of nitrogens with zero attached hydrogens (tertiary/aromatic N) is 1. The SMILES string of the molecule is C/N=C(/C)c1ccc(O)cc1OC. The van der Waals surface area contributed by atoms with E-state index >= 15 is 0 Å². The highest BCUT2D eigenvalue weighted by atomic mass is 16.5. The van der Waals surface area contributed by atoms with E-state index in [2.05, 4.69) is 4.99 Å². The minimum Gasteiger partial charge on any atom is -0.508 e. The molecule has 0 fully saturated rings. The van der Waals surface area contributed by atoms with E-state index in [1.807, 2.05) is 6.92 Å². The molecule has 1 aromatic carbocycles. The standard InChI is InChI=1S/C10H13NO2/c1-7(11-2)9-5-4-8(12)6-10(9)13-3/h4-6,12H,1-3H3/b11-7-. The third kappa shape index (κ3) is 1.99. The third-order valence-corrected chi connectivity index (χ3v) is 1.91. The molecule has 1 rings (SSSR count). The molecule has 1 aromatic rings. The maximum absolute atomic E-state index is 9.20. The first-order valence-corrected chi connectivity index (χ1v) is 3.99. The average molecular weight is 179 g/mol. The van der Waals surface area contributed by atoms with Gasteiger partial charge in [0.05, 0.1) is 7.11 Å². The molecule has 0 unspecified atom stereocenters. The Kier molecular flexibility index (Phi) is 2.90. The quantitative estimate of drug-likeness (QED) is 0.704. The molecule has 13 heavy (non-hydrogen) atoms. The van der Waals surface area contributed by atoms with E-state index in [9.17, 15) is 5.11 Å². The second-order valence-corrected chi connectivity index (χ2v) is 2.69. The highest BCUT2D eigenvalue weighted by Crippen LogP contribution is 2.24. The second-order valence-electron chi connectivity index (χ2n) is 2.69.